The Hall–Kier alpha value is -0.363. The average Bonchev–Trinajstić information content (AvgIpc) is 2.99. The molecule has 1 aromatic carbocycles. The van der Waals surface area contributed by atoms with Crippen LogP contribution < -0.4 is 4.74 Å². The summed E-state index contributed by atoms with van der Waals surface area (Å²) in [5.41, 5.74) is 2.51. The van der Waals surface area contributed by atoms with Crippen molar-refractivity contribution in [1.82, 2.24) is 4.90 Å². The van der Waals surface area contributed by atoms with Gasteiger partial charge in [-0.2, -0.15) is 0 Å². The zero-order valence-corrected chi connectivity index (χ0v) is 18.3. The van der Waals surface area contributed by atoms with Gasteiger partial charge in [0.25, 0.3) is 0 Å². The maximum absolute atomic E-state index is 6.22. The number of halogens is 1. The zero-order valence-electron chi connectivity index (χ0n) is 15.7. The predicted molar refractivity (Wildman–Crippen MR) is 106 cm³/mol. The molecule has 0 N–H and O–H groups in total. The van der Waals surface area contributed by atoms with E-state index < -0.39 is 9.04 Å². The normalized spacial score (nSPS) is 16.1. The lowest BCUT2D eigenvalue weighted by atomic mass is 9.83. The Labute approximate surface area is 157 Å². The Kier molecular flexibility index (Phi) is 7.34. The fourth-order valence-corrected chi connectivity index (χ4v) is 4.07. The van der Waals surface area contributed by atoms with Crippen LogP contribution in [0.1, 0.15) is 44.7 Å². The van der Waals surface area contributed by atoms with Crippen molar-refractivity contribution in [3.63, 3.8) is 0 Å². The van der Waals surface area contributed by atoms with Crippen LogP contribution in [0.5, 0.6) is 5.75 Å². The van der Waals surface area contributed by atoms with E-state index in [4.69, 9.17) is 9.16 Å². The molecular weight excluding hydrogens is 382 g/mol. The monoisotopic (exact) mass is 412 g/mol. The standard InChI is InChI=1S/C19H31BrNO2Si/c1-19(2,3)18-15(14-23-24(4)5)16(20)8-9-17(18)22-13-12-21-10-6-7-11-21/h8-9H,6-7,10-14H2,1-5H3. The van der Waals surface area contributed by atoms with Crippen molar-refractivity contribution in [3.05, 3.63) is 27.7 Å². The topological polar surface area (TPSA) is 21.7 Å². The molecule has 2 rings (SSSR count). The second-order valence-electron chi connectivity index (χ2n) is 7.74. The van der Waals surface area contributed by atoms with E-state index in [0.29, 0.717) is 6.61 Å². The smallest absolute Gasteiger partial charge is 0.205 e. The summed E-state index contributed by atoms with van der Waals surface area (Å²) < 4.78 is 13.3. The zero-order chi connectivity index (χ0) is 17.7. The van der Waals surface area contributed by atoms with Crippen LogP contribution in [0.15, 0.2) is 16.6 Å². The quantitative estimate of drug-likeness (QED) is 0.588. The third-order valence-electron chi connectivity index (χ3n) is 4.34. The Morgan fingerprint density at radius 3 is 2.42 bits per heavy atom. The summed E-state index contributed by atoms with van der Waals surface area (Å²) in [6, 6.07) is 4.19. The molecule has 0 aromatic heterocycles. The first-order valence-electron chi connectivity index (χ1n) is 8.89. The fraction of sp³-hybridized carbons (Fsp3) is 0.684. The lowest BCUT2D eigenvalue weighted by molar-refractivity contribution is 0.233. The maximum atomic E-state index is 6.22. The molecule has 24 heavy (non-hydrogen) atoms. The van der Waals surface area contributed by atoms with Crippen molar-refractivity contribution in [3.8, 4) is 5.75 Å². The van der Waals surface area contributed by atoms with Gasteiger partial charge in [-0.05, 0) is 62.1 Å². The van der Waals surface area contributed by atoms with Crippen molar-refractivity contribution in [2.75, 3.05) is 26.2 Å². The van der Waals surface area contributed by atoms with Crippen molar-refractivity contribution in [1.29, 1.82) is 0 Å². The number of benzene rings is 1. The molecule has 1 radical (unpaired) electrons. The summed E-state index contributed by atoms with van der Waals surface area (Å²) in [6.45, 7) is 15.9. The first kappa shape index (κ1) is 20.0. The van der Waals surface area contributed by atoms with Gasteiger partial charge in [-0.1, -0.05) is 36.7 Å². The lowest BCUT2D eigenvalue weighted by Crippen LogP contribution is -2.26. The molecule has 0 spiro atoms. The van der Waals surface area contributed by atoms with Crippen LogP contribution in [0.3, 0.4) is 0 Å². The van der Waals surface area contributed by atoms with Gasteiger partial charge in [0.15, 0.2) is 0 Å². The van der Waals surface area contributed by atoms with Crippen LogP contribution in [0.4, 0.5) is 0 Å². The number of nitrogens with zero attached hydrogens (tertiary/aromatic N) is 1. The Morgan fingerprint density at radius 1 is 1.17 bits per heavy atom. The van der Waals surface area contributed by atoms with E-state index in [1.807, 2.05) is 0 Å². The SMILES string of the molecule is C[Si](C)OCc1c(Br)ccc(OCCN2CCCC2)c1C(C)(C)C. The molecule has 1 fully saturated rings. The molecule has 1 heterocycles. The minimum Gasteiger partial charge on any atom is -0.492 e. The molecule has 0 saturated carbocycles. The molecule has 0 bridgehead atoms. The van der Waals surface area contributed by atoms with Crippen molar-refractivity contribution >= 4 is 25.0 Å². The summed E-state index contributed by atoms with van der Waals surface area (Å²) in [6.07, 6.45) is 2.65. The number of ether oxygens (including phenoxy) is 1. The van der Waals surface area contributed by atoms with Crippen LogP contribution in [0, 0.1) is 0 Å². The molecule has 3 nitrogen and oxygen atoms in total. The van der Waals surface area contributed by atoms with Gasteiger partial charge in [-0.15, -0.1) is 0 Å². The largest absolute Gasteiger partial charge is 0.492 e. The molecule has 0 unspecified atom stereocenters. The molecular formula is C19H31BrNO2Si. The highest BCUT2D eigenvalue weighted by atomic mass is 79.9. The molecule has 0 aliphatic carbocycles. The third kappa shape index (κ3) is 5.58. The van der Waals surface area contributed by atoms with Crippen LogP contribution in [0.2, 0.25) is 13.1 Å². The second kappa shape index (κ2) is 8.83. The Balaban J connectivity index is 2.17. The van der Waals surface area contributed by atoms with Gasteiger partial charge in [0.2, 0.25) is 9.04 Å². The molecule has 0 atom stereocenters. The Bertz CT molecular complexity index is 537. The van der Waals surface area contributed by atoms with E-state index in [-0.39, 0.29) is 5.41 Å². The fourth-order valence-electron chi connectivity index (χ4n) is 3.19. The average molecular weight is 413 g/mol. The molecule has 5 heteroatoms. The number of hydrogen-bond donors (Lipinski definition) is 0. The lowest BCUT2D eigenvalue weighted by Gasteiger charge is -2.28. The van der Waals surface area contributed by atoms with E-state index in [1.54, 1.807) is 0 Å². The van der Waals surface area contributed by atoms with Crippen molar-refractivity contribution in [2.45, 2.75) is 58.7 Å². The summed E-state index contributed by atoms with van der Waals surface area (Å²) >= 11 is 3.71. The molecule has 1 aromatic rings. The van der Waals surface area contributed by atoms with Gasteiger partial charge in [0.1, 0.15) is 12.4 Å². The van der Waals surface area contributed by atoms with Crippen LogP contribution >= 0.6 is 15.9 Å². The first-order chi connectivity index (χ1) is 11.3. The van der Waals surface area contributed by atoms with E-state index in [9.17, 15) is 0 Å². The molecule has 1 saturated heterocycles. The number of likely N-dealkylation sites (tertiary alicyclic amines) is 1. The maximum Gasteiger partial charge on any atom is 0.205 e. The van der Waals surface area contributed by atoms with Gasteiger partial charge < -0.3 is 9.16 Å². The van der Waals surface area contributed by atoms with E-state index in [1.165, 1.54) is 37.1 Å². The minimum atomic E-state index is -0.719. The summed E-state index contributed by atoms with van der Waals surface area (Å²) in [5, 5.41) is 0. The third-order valence-corrected chi connectivity index (χ3v) is 5.80. The Morgan fingerprint density at radius 2 is 1.83 bits per heavy atom. The van der Waals surface area contributed by atoms with Crippen molar-refractivity contribution in [2.24, 2.45) is 0 Å². The van der Waals surface area contributed by atoms with Gasteiger partial charge >= 0.3 is 0 Å². The van der Waals surface area contributed by atoms with Crippen molar-refractivity contribution < 1.29 is 9.16 Å². The number of hydrogen-bond acceptors (Lipinski definition) is 3. The molecule has 1 aliphatic heterocycles. The van der Waals surface area contributed by atoms with E-state index in [2.05, 4.69) is 66.8 Å². The van der Waals surface area contributed by atoms with E-state index in [0.717, 1.165) is 23.4 Å². The van der Waals surface area contributed by atoms with Crippen LogP contribution in [-0.4, -0.2) is 40.2 Å². The second-order valence-corrected chi connectivity index (χ2v) is 10.7. The molecule has 0 amide bonds. The van der Waals surface area contributed by atoms with Crippen LogP contribution in [-0.2, 0) is 16.4 Å². The minimum absolute atomic E-state index is 0.0137. The molecule has 135 valence electrons. The van der Waals surface area contributed by atoms with Gasteiger partial charge in [-0.25, -0.2) is 0 Å². The van der Waals surface area contributed by atoms with Gasteiger partial charge in [-0.3, -0.25) is 4.90 Å². The van der Waals surface area contributed by atoms with Gasteiger partial charge in [0.05, 0.1) is 6.61 Å². The highest BCUT2D eigenvalue weighted by Gasteiger charge is 2.25. The summed E-state index contributed by atoms with van der Waals surface area (Å²) in [7, 11) is -0.719. The van der Waals surface area contributed by atoms with Crippen LogP contribution in [0.25, 0.3) is 0 Å². The van der Waals surface area contributed by atoms with Gasteiger partial charge in [0, 0.05) is 16.6 Å². The highest BCUT2D eigenvalue weighted by Crippen LogP contribution is 2.38. The molecule has 1 aliphatic rings. The summed E-state index contributed by atoms with van der Waals surface area (Å²) in [5.74, 6) is 1.00. The first-order valence-corrected chi connectivity index (χ1v) is 12.1. The highest BCUT2D eigenvalue weighted by molar-refractivity contribution is 9.10. The predicted octanol–water partition coefficient (Wildman–Crippen LogP) is 4.99. The summed E-state index contributed by atoms with van der Waals surface area (Å²) in [4.78, 5) is 2.49. The number of rotatable bonds is 7. The van der Waals surface area contributed by atoms with E-state index >= 15 is 0 Å².